The zero-order valence-corrected chi connectivity index (χ0v) is 15.1. The summed E-state index contributed by atoms with van der Waals surface area (Å²) in [5.41, 5.74) is 1.17. The molecule has 2 aliphatic rings. The lowest BCUT2D eigenvalue weighted by atomic mass is 9.71. The molecule has 136 valence electrons. The van der Waals surface area contributed by atoms with Crippen molar-refractivity contribution in [3.63, 3.8) is 0 Å². The highest BCUT2D eigenvalue weighted by molar-refractivity contribution is 5.98. The molecule has 5 heteroatoms. The average Bonchev–Trinajstić information content (AvgIpc) is 2.58. The lowest BCUT2D eigenvalue weighted by molar-refractivity contribution is -0.139. The number of hydrogen-bond acceptors (Lipinski definition) is 4. The van der Waals surface area contributed by atoms with Crippen molar-refractivity contribution < 1.29 is 14.3 Å². The Hall–Kier alpha value is -1.88. The van der Waals surface area contributed by atoms with Gasteiger partial charge in [-0.2, -0.15) is 0 Å². The van der Waals surface area contributed by atoms with E-state index in [1.54, 1.807) is 0 Å². The number of hydrogen-bond donors (Lipinski definition) is 1. The Morgan fingerprint density at radius 1 is 1.08 bits per heavy atom. The van der Waals surface area contributed by atoms with Crippen LogP contribution in [0.2, 0.25) is 0 Å². The number of amides is 2. The Bertz CT molecular complexity index is 586. The number of imide groups is 1. The topological polar surface area (TPSA) is 58.6 Å². The van der Waals surface area contributed by atoms with Gasteiger partial charge < -0.3 is 4.74 Å². The van der Waals surface area contributed by atoms with Crippen LogP contribution < -0.4 is 10.1 Å². The van der Waals surface area contributed by atoms with E-state index in [4.69, 9.17) is 4.74 Å². The van der Waals surface area contributed by atoms with Crippen LogP contribution >= 0.6 is 0 Å². The molecule has 2 saturated heterocycles. The Balaban J connectivity index is 1.49. The smallest absolute Gasteiger partial charge is 0.227 e. The van der Waals surface area contributed by atoms with Gasteiger partial charge in [0.2, 0.25) is 11.8 Å². The zero-order valence-electron chi connectivity index (χ0n) is 15.1. The standard InChI is InChI=1S/C20H28N2O3/c1-2-3-12-25-17-6-4-16(5-7-17)15-22-10-8-20(9-11-22)13-18(23)21-19(24)14-20/h4-7H,2-3,8-15H2,1H3,(H,21,23,24). The first-order chi connectivity index (χ1) is 12.1. The predicted molar refractivity (Wildman–Crippen MR) is 96.2 cm³/mol. The van der Waals surface area contributed by atoms with Gasteiger partial charge in [0.15, 0.2) is 0 Å². The fraction of sp³-hybridized carbons (Fsp3) is 0.600. The molecule has 3 rings (SSSR count). The maximum absolute atomic E-state index is 11.7. The molecule has 0 radical (unpaired) electrons. The van der Waals surface area contributed by atoms with Crippen LogP contribution in [0.25, 0.3) is 0 Å². The molecule has 0 atom stereocenters. The summed E-state index contributed by atoms with van der Waals surface area (Å²) in [6.45, 7) is 5.72. The lowest BCUT2D eigenvalue weighted by Gasteiger charge is -2.43. The first kappa shape index (κ1) is 17.9. The second-order valence-corrected chi connectivity index (χ2v) is 7.45. The fourth-order valence-electron chi connectivity index (χ4n) is 3.81. The van der Waals surface area contributed by atoms with Crippen LogP contribution in [0.4, 0.5) is 0 Å². The number of benzene rings is 1. The van der Waals surface area contributed by atoms with Crippen LogP contribution in [-0.4, -0.2) is 36.4 Å². The minimum Gasteiger partial charge on any atom is -0.494 e. The average molecular weight is 344 g/mol. The SMILES string of the molecule is CCCCOc1ccc(CN2CCC3(CC2)CC(=O)NC(=O)C3)cc1. The summed E-state index contributed by atoms with van der Waals surface area (Å²) < 4.78 is 5.70. The number of nitrogens with zero attached hydrogens (tertiary/aromatic N) is 1. The van der Waals surface area contributed by atoms with E-state index in [9.17, 15) is 9.59 Å². The predicted octanol–water partition coefficient (Wildman–Crippen LogP) is 2.88. The number of rotatable bonds is 6. The second-order valence-electron chi connectivity index (χ2n) is 7.45. The van der Waals surface area contributed by atoms with Crippen molar-refractivity contribution in [2.75, 3.05) is 19.7 Å². The van der Waals surface area contributed by atoms with Crippen LogP contribution in [-0.2, 0) is 16.1 Å². The van der Waals surface area contributed by atoms with Gasteiger partial charge in [0, 0.05) is 19.4 Å². The van der Waals surface area contributed by atoms with Crippen molar-refractivity contribution in [2.45, 2.75) is 52.0 Å². The van der Waals surface area contributed by atoms with E-state index in [1.165, 1.54) is 5.56 Å². The number of carbonyl (C=O) groups is 2. The van der Waals surface area contributed by atoms with Crippen molar-refractivity contribution >= 4 is 11.8 Å². The van der Waals surface area contributed by atoms with Gasteiger partial charge in [-0.05, 0) is 55.5 Å². The number of unbranched alkanes of at least 4 members (excludes halogenated alkanes) is 1. The number of nitrogens with one attached hydrogen (secondary N) is 1. The highest BCUT2D eigenvalue weighted by Crippen LogP contribution is 2.40. The van der Waals surface area contributed by atoms with Gasteiger partial charge >= 0.3 is 0 Å². The van der Waals surface area contributed by atoms with E-state index in [1.807, 2.05) is 12.1 Å². The van der Waals surface area contributed by atoms with E-state index in [0.717, 1.165) is 57.7 Å². The quantitative estimate of drug-likeness (QED) is 0.637. The highest BCUT2D eigenvalue weighted by Gasteiger charge is 2.41. The van der Waals surface area contributed by atoms with E-state index in [-0.39, 0.29) is 17.2 Å². The summed E-state index contributed by atoms with van der Waals surface area (Å²) in [7, 11) is 0. The van der Waals surface area contributed by atoms with Crippen LogP contribution in [0.15, 0.2) is 24.3 Å². The Morgan fingerprint density at radius 2 is 1.72 bits per heavy atom. The van der Waals surface area contributed by atoms with E-state index < -0.39 is 0 Å². The molecule has 0 bridgehead atoms. The zero-order chi connectivity index (χ0) is 17.7. The molecule has 2 fully saturated rings. The number of ether oxygens (including phenoxy) is 1. The molecule has 2 aliphatic heterocycles. The molecule has 1 aromatic rings. The van der Waals surface area contributed by atoms with E-state index in [2.05, 4.69) is 29.3 Å². The lowest BCUT2D eigenvalue weighted by Crippen LogP contribution is -2.49. The molecule has 0 saturated carbocycles. The van der Waals surface area contributed by atoms with Crippen LogP contribution in [0.5, 0.6) is 5.75 Å². The molecule has 0 aromatic heterocycles. The Labute approximate surface area is 149 Å². The molecular weight excluding hydrogens is 316 g/mol. The highest BCUT2D eigenvalue weighted by atomic mass is 16.5. The Morgan fingerprint density at radius 3 is 2.32 bits per heavy atom. The minimum absolute atomic E-state index is 0.104. The first-order valence-electron chi connectivity index (χ1n) is 9.35. The normalized spacial score (nSPS) is 20.5. The van der Waals surface area contributed by atoms with Gasteiger partial charge in [-0.1, -0.05) is 25.5 Å². The molecule has 2 heterocycles. The van der Waals surface area contributed by atoms with Crippen molar-refractivity contribution in [3.8, 4) is 5.75 Å². The van der Waals surface area contributed by atoms with Gasteiger partial charge in [0.25, 0.3) is 0 Å². The monoisotopic (exact) mass is 344 g/mol. The Kier molecular flexibility index (Phi) is 5.74. The van der Waals surface area contributed by atoms with Crippen molar-refractivity contribution in [2.24, 2.45) is 5.41 Å². The molecular formula is C20H28N2O3. The van der Waals surface area contributed by atoms with Crippen molar-refractivity contribution in [1.29, 1.82) is 0 Å². The maximum atomic E-state index is 11.7. The summed E-state index contributed by atoms with van der Waals surface area (Å²) in [6, 6.07) is 8.34. The van der Waals surface area contributed by atoms with Gasteiger partial charge in [0.1, 0.15) is 5.75 Å². The molecule has 0 aliphatic carbocycles. The second kappa shape index (κ2) is 8.00. The third kappa shape index (κ3) is 4.82. The van der Waals surface area contributed by atoms with Crippen molar-refractivity contribution in [3.05, 3.63) is 29.8 Å². The summed E-state index contributed by atoms with van der Waals surface area (Å²) in [5, 5.41) is 2.42. The fourth-order valence-corrected chi connectivity index (χ4v) is 3.81. The van der Waals surface area contributed by atoms with Crippen LogP contribution in [0, 0.1) is 5.41 Å². The first-order valence-corrected chi connectivity index (χ1v) is 9.35. The third-order valence-electron chi connectivity index (χ3n) is 5.36. The third-order valence-corrected chi connectivity index (χ3v) is 5.36. The van der Waals surface area contributed by atoms with Crippen molar-refractivity contribution in [1.82, 2.24) is 10.2 Å². The van der Waals surface area contributed by atoms with E-state index in [0.29, 0.717) is 12.8 Å². The molecule has 1 N–H and O–H groups in total. The largest absolute Gasteiger partial charge is 0.494 e. The number of piperidine rings is 2. The minimum atomic E-state index is -0.108. The summed E-state index contributed by atoms with van der Waals surface area (Å²) in [5.74, 6) is 0.716. The van der Waals surface area contributed by atoms with Gasteiger partial charge in [-0.3, -0.25) is 19.8 Å². The molecule has 25 heavy (non-hydrogen) atoms. The summed E-state index contributed by atoms with van der Waals surface area (Å²) in [6.07, 6.45) is 5.06. The molecule has 2 amide bonds. The van der Waals surface area contributed by atoms with Gasteiger partial charge in [-0.25, -0.2) is 0 Å². The molecule has 0 unspecified atom stereocenters. The maximum Gasteiger partial charge on any atom is 0.227 e. The molecule has 1 spiro atoms. The number of carbonyl (C=O) groups excluding carboxylic acids is 2. The summed E-state index contributed by atoms with van der Waals surface area (Å²) >= 11 is 0. The molecule has 5 nitrogen and oxygen atoms in total. The van der Waals surface area contributed by atoms with Crippen LogP contribution in [0.3, 0.4) is 0 Å². The molecule has 1 aromatic carbocycles. The van der Waals surface area contributed by atoms with Gasteiger partial charge in [0.05, 0.1) is 6.61 Å². The number of likely N-dealkylation sites (tertiary alicyclic amines) is 1. The summed E-state index contributed by atoms with van der Waals surface area (Å²) in [4.78, 5) is 25.8. The van der Waals surface area contributed by atoms with E-state index >= 15 is 0 Å². The van der Waals surface area contributed by atoms with Gasteiger partial charge in [-0.15, -0.1) is 0 Å². The van der Waals surface area contributed by atoms with Crippen LogP contribution in [0.1, 0.15) is 51.0 Å².